The van der Waals surface area contributed by atoms with Gasteiger partial charge in [-0.25, -0.2) is 14.5 Å². The molecule has 0 bridgehead atoms. The number of nitro benzene ring substituents is 1. The van der Waals surface area contributed by atoms with E-state index in [1.165, 1.54) is 29.2 Å². The van der Waals surface area contributed by atoms with Crippen LogP contribution < -0.4 is 0 Å². The molecule has 1 aromatic heterocycles. The van der Waals surface area contributed by atoms with Gasteiger partial charge in [-0.05, 0) is 23.9 Å². The average molecular weight is 280 g/mol. The zero-order valence-corrected chi connectivity index (χ0v) is 10.5. The summed E-state index contributed by atoms with van der Waals surface area (Å²) in [6.45, 7) is 0. The first-order valence-corrected chi connectivity index (χ1v) is 5.84. The van der Waals surface area contributed by atoms with Gasteiger partial charge < -0.3 is 5.11 Å². The SMILES string of the molecule is Cn1ncnc1Sc1ccc(C(=O)O)c([N+](=O)[O-])c1. The highest BCUT2D eigenvalue weighted by Gasteiger charge is 2.20. The maximum absolute atomic E-state index is 10.9. The van der Waals surface area contributed by atoms with Gasteiger partial charge in [-0.3, -0.25) is 10.1 Å². The first-order chi connectivity index (χ1) is 8.99. The molecule has 2 rings (SSSR count). The van der Waals surface area contributed by atoms with E-state index >= 15 is 0 Å². The highest BCUT2D eigenvalue weighted by atomic mass is 32.2. The first-order valence-electron chi connectivity index (χ1n) is 5.02. The fraction of sp³-hybridized carbons (Fsp3) is 0.100. The molecule has 98 valence electrons. The lowest BCUT2D eigenvalue weighted by Crippen LogP contribution is -2.02. The summed E-state index contributed by atoms with van der Waals surface area (Å²) in [6.07, 6.45) is 1.36. The molecular weight excluding hydrogens is 272 g/mol. The van der Waals surface area contributed by atoms with Gasteiger partial charge in [-0.2, -0.15) is 5.10 Å². The lowest BCUT2D eigenvalue weighted by molar-refractivity contribution is -0.385. The normalized spacial score (nSPS) is 10.4. The van der Waals surface area contributed by atoms with Crippen LogP contribution in [-0.2, 0) is 7.05 Å². The Morgan fingerprint density at radius 2 is 2.26 bits per heavy atom. The minimum Gasteiger partial charge on any atom is -0.477 e. The van der Waals surface area contributed by atoms with Crippen molar-refractivity contribution in [3.63, 3.8) is 0 Å². The molecule has 0 aliphatic carbocycles. The van der Waals surface area contributed by atoms with Gasteiger partial charge in [0.25, 0.3) is 5.69 Å². The summed E-state index contributed by atoms with van der Waals surface area (Å²) in [5.74, 6) is -1.33. The predicted octanol–water partition coefficient (Wildman–Crippen LogP) is 1.57. The zero-order chi connectivity index (χ0) is 14.0. The molecule has 2 aromatic rings. The second-order valence-electron chi connectivity index (χ2n) is 3.51. The molecule has 0 fully saturated rings. The van der Waals surface area contributed by atoms with Crippen molar-refractivity contribution in [2.45, 2.75) is 10.1 Å². The Balaban J connectivity index is 2.39. The lowest BCUT2D eigenvalue weighted by Gasteiger charge is -2.02. The molecule has 9 heteroatoms. The Morgan fingerprint density at radius 1 is 1.53 bits per heavy atom. The molecule has 0 saturated heterocycles. The monoisotopic (exact) mass is 280 g/mol. The molecule has 0 atom stereocenters. The second-order valence-corrected chi connectivity index (χ2v) is 4.55. The van der Waals surface area contributed by atoms with E-state index in [-0.39, 0.29) is 5.56 Å². The fourth-order valence-corrected chi connectivity index (χ4v) is 2.19. The molecule has 0 spiro atoms. The number of hydrogen-bond donors (Lipinski definition) is 1. The maximum Gasteiger partial charge on any atom is 0.342 e. The maximum atomic E-state index is 10.9. The third-order valence-corrected chi connectivity index (χ3v) is 3.32. The quantitative estimate of drug-likeness (QED) is 0.668. The van der Waals surface area contributed by atoms with Crippen molar-refractivity contribution >= 4 is 23.4 Å². The summed E-state index contributed by atoms with van der Waals surface area (Å²) >= 11 is 1.16. The van der Waals surface area contributed by atoms with E-state index in [2.05, 4.69) is 10.1 Å². The molecule has 1 heterocycles. The lowest BCUT2D eigenvalue weighted by atomic mass is 10.2. The van der Waals surface area contributed by atoms with Gasteiger partial charge >= 0.3 is 5.97 Å². The van der Waals surface area contributed by atoms with Crippen molar-refractivity contribution in [2.75, 3.05) is 0 Å². The summed E-state index contributed by atoms with van der Waals surface area (Å²) in [5, 5.41) is 24.1. The van der Waals surface area contributed by atoms with Crippen molar-refractivity contribution < 1.29 is 14.8 Å². The Bertz CT molecular complexity index is 655. The number of carboxylic acids is 1. The molecule has 0 amide bonds. The molecule has 1 aromatic carbocycles. The van der Waals surface area contributed by atoms with Crippen molar-refractivity contribution in [1.82, 2.24) is 14.8 Å². The average Bonchev–Trinajstić information content (AvgIpc) is 2.74. The Kier molecular flexibility index (Phi) is 3.47. The van der Waals surface area contributed by atoms with E-state index in [1.54, 1.807) is 7.05 Å². The van der Waals surface area contributed by atoms with E-state index < -0.39 is 16.6 Å². The van der Waals surface area contributed by atoms with Gasteiger partial charge in [-0.1, -0.05) is 0 Å². The van der Waals surface area contributed by atoms with Gasteiger partial charge in [0.1, 0.15) is 11.9 Å². The molecule has 8 nitrogen and oxygen atoms in total. The van der Waals surface area contributed by atoms with Crippen molar-refractivity contribution in [3.05, 3.63) is 40.2 Å². The Morgan fingerprint density at radius 3 is 2.79 bits per heavy atom. The number of hydrogen-bond acceptors (Lipinski definition) is 6. The van der Waals surface area contributed by atoms with E-state index in [9.17, 15) is 14.9 Å². The van der Waals surface area contributed by atoms with Crippen LogP contribution in [0.3, 0.4) is 0 Å². The number of rotatable bonds is 4. The highest BCUT2D eigenvalue weighted by Crippen LogP contribution is 2.30. The molecule has 0 radical (unpaired) electrons. The molecule has 1 N–H and O–H groups in total. The van der Waals surface area contributed by atoms with Crippen LogP contribution in [0.15, 0.2) is 34.6 Å². The molecule has 0 saturated carbocycles. The molecule has 0 aliphatic heterocycles. The van der Waals surface area contributed by atoms with E-state index in [0.717, 1.165) is 11.8 Å². The number of aromatic carboxylic acids is 1. The topological polar surface area (TPSA) is 111 Å². The second kappa shape index (κ2) is 5.06. The number of aromatic nitrogens is 3. The highest BCUT2D eigenvalue weighted by molar-refractivity contribution is 7.99. The van der Waals surface area contributed by atoms with Crippen LogP contribution in [0.1, 0.15) is 10.4 Å². The van der Waals surface area contributed by atoms with Crippen LogP contribution in [0.4, 0.5) is 5.69 Å². The van der Waals surface area contributed by atoms with E-state index in [0.29, 0.717) is 10.1 Å². The number of nitrogens with zero attached hydrogens (tertiary/aromatic N) is 4. The predicted molar refractivity (Wildman–Crippen MR) is 65.2 cm³/mol. The summed E-state index contributed by atoms with van der Waals surface area (Å²) in [5.41, 5.74) is -0.785. The Hall–Kier alpha value is -2.42. The van der Waals surface area contributed by atoms with Crippen molar-refractivity contribution in [3.8, 4) is 0 Å². The van der Waals surface area contributed by atoms with Gasteiger partial charge in [0.15, 0.2) is 5.16 Å². The van der Waals surface area contributed by atoms with Crippen molar-refractivity contribution in [2.24, 2.45) is 7.05 Å². The Labute approximate surface area is 111 Å². The van der Waals surface area contributed by atoms with Crippen LogP contribution in [0.2, 0.25) is 0 Å². The summed E-state index contributed by atoms with van der Waals surface area (Å²) in [4.78, 5) is 25.5. The van der Waals surface area contributed by atoms with E-state index in [4.69, 9.17) is 5.11 Å². The fourth-order valence-electron chi connectivity index (χ4n) is 1.39. The van der Waals surface area contributed by atoms with Gasteiger partial charge in [0.2, 0.25) is 0 Å². The molecule has 0 aliphatic rings. The van der Waals surface area contributed by atoms with Crippen molar-refractivity contribution in [1.29, 1.82) is 0 Å². The number of carbonyl (C=O) groups is 1. The number of carboxylic acid groups (broad SMARTS) is 1. The zero-order valence-electron chi connectivity index (χ0n) is 9.68. The van der Waals surface area contributed by atoms with E-state index in [1.807, 2.05) is 0 Å². The smallest absolute Gasteiger partial charge is 0.342 e. The van der Waals surface area contributed by atoms with Crippen LogP contribution in [0.5, 0.6) is 0 Å². The van der Waals surface area contributed by atoms with Gasteiger partial charge in [-0.15, -0.1) is 0 Å². The van der Waals surface area contributed by atoms with Crippen LogP contribution >= 0.6 is 11.8 Å². The van der Waals surface area contributed by atoms with Gasteiger partial charge in [0, 0.05) is 18.0 Å². The standard InChI is InChI=1S/C10H8N4O4S/c1-13-10(11-5-12-13)19-6-2-3-7(9(15)16)8(4-6)14(17)18/h2-5H,1H3,(H,15,16). The number of aryl methyl sites for hydroxylation is 1. The molecule has 0 unspecified atom stereocenters. The third-order valence-electron chi connectivity index (χ3n) is 2.28. The van der Waals surface area contributed by atoms with Crippen LogP contribution in [0, 0.1) is 10.1 Å². The first kappa shape index (κ1) is 13.0. The largest absolute Gasteiger partial charge is 0.477 e. The summed E-state index contributed by atoms with van der Waals surface area (Å²) in [6, 6.07) is 3.91. The van der Waals surface area contributed by atoms with Gasteiger partial charge in [0.05, 0.1) is 4.92 Å². The number of nitro groups is 1. The minimum absolute atomic E-state index is 0.340. The van der Waals surface area contributed by atoms with Crippen LogP contribution in [-0.4, -0.2) is 30.8 Å². The minimum atomic E-state index is -1.33. The molecular formula is C10H8N4O4S. The number of benzene rings is 1. The molecule has 19 heavy (non-hydrogen) atoms. The third kappa shape index (κ3) is 2.71. The van der Waals surface area contributed by atoms with Crippen LogP contribution in [0.25, 0.3) is 0 Å². The summed E-state index contributed by atoms with van der Waals surface area (Å²) in [7, 11) is 1.69. The summed E-state index contributed by atoms with van der Waals surface area (Å²) < 4.78 is 1.52.